The average Bonchev–Trinajstić information content (AvgIpc) is 3.04. The van der Waals surface area contributed by atoms with Gasteiger partial charge in [0.2, 0.25) is 11.8 Å². The lowest BCUT2D eigenvalue weighted by Gasteiger charge is -2.35. The molecule has 29 heavy (non-hydrogen) atoms. The summed E-state index contributed by atoms with van der Waals surface area (Å²) in [4.78, 5) is 52.8. The fourth-order valence-corrected chi connectivity index (χ4v) is 3.61. The maximum Gasteiger partial charge on any atom is 0.308 e. The normalized spacial score (nSPS) is 18.8. The molecule has 8 heteroatoms. The van der Waals surface area contributed by atoms with Gasteiger partial charge < -0.3 is 9.64 Å². The first-order valence-corrected chi connectivity index (χ1v) is 10.0. The van der Waals surface area contributed by atoms with Crippen LogP contribution in [0.3, 0.4) is 0 Å². The molecule has 0 saturated carbocycles. The highest BCUT2D eigenvalue weighted by molar-refractivity contribution is 6.02. The summed E-state index contributed by atoms with van der Waals surface area (Å²) >= 11 is 0. The molecule has 0 aromatic heterocycles. The summed E-state index contributed by atoms with van der Waals surface area (Å²) in [6.07, 6.45) is -0.592. The Balaban J connectivity index is 1.39. The molecular weight excluding hydrogens is 374 g/mol. The summed E-state index contributed by atoms with van der Waals surface area (Å²) in [5.74, 6) is -1.33. The zero-order chi connectivity index (χ0) is 20.8. The van der Waals surface area contributed by atoms with Crippen LogP contribution in [0, 0.1) is 0 Å². The molecule has 2 saturated heterocycles. The quantitative estimate of drug-likeness (QED) is 0.496. The van der Waals surface area contributed by atoms with E-state index in [9.17, 15) is 19.2 Å². The van der Waals surface area contributed by atoms with Gasteiger partial charge in [0.1, 0.15) is 0 Å². The van der Waals surface area contributed by atoms with Crippen LogP contribution in [0.5, 0.6) is 0 Å². The molecule has 0 N–H and O–H groups in total. The SMILES string of the molecule is CC(OC(=O)CCN1C(=O)CCC1=O)C(=O)N1CCN(Cc2ccccc2)CC1. The Bertz CT molecular complexity index is 743. The Kier molecular flexibility index (Phi) is 6.98. The lowest BCUT2D eigenvalue weighted by molar-refractivity contribution is -0.160. The van der Waals surface area contributed by atoms with E-state index in [0.717, 1.165) is 24.5 Å². The molecule has 0 spiro atoms. The first kappa shape index (κ1) is 21.0. The Labute approximate surface area is 170 Å². The van der Waals surface area contributed by atoms with Gasteiger partial charge >= 0.3 is 5.97 Å². The highest BCUT2D eigenvalue weighted by Crippen LogP contribution is 2.13. The van der Waals surface area contributed by atoms with E-state index < -0.39 is 12.1 Å². The third-order valence-electron chi connectivity index (χ3n) is 5.28. The molecule has 1 atom stereocenters. The van der Waals surface area contributed by atoms with Gasteiger partial charge in [0.25, 0.3) is 5.91 Å². The number of hydrogen-bond acceptors (Lipinski definition) is 6. The lowest BCUT2D eigenvalue weighted by Crippen LogP contribution is -2.51. The molecule has 1 aromatic rings. The van der Waals surface area contributed by atoms with E-state index in [1.807, 2.05) is 18.2 Å². The monoisotopic (exact) mass is 401 g/mol. The van der Waals surface area contributed by atoms with Crippen LogP contribution in [0.2, 0.25) is 0 Å². The van der Waals surface area contributed by atoms with E-state index >= 15 is 0 Å². The topological polar surface area (TPSA) is 87.2 Å². The third-order valence-corrected chi connectivity index (χ3v) is 5.28. The molecule has 3 amide bonds. The summed E-state index contributed by atoms with van der Waals surface area (Å²) < 4.78 is 5.23. The fraction of sp³-hybridized carbons (Fsp3) is 0.524. The largest absolute Gasteiger partial charge is 0.452 e. The van der Waals surface area contributed by atoms with Crippen molar-refractivity contribution in [2.24, 2.45) is 0 Å². The van der Waals surface area contributed by atoms with Crippen molar-refractivity contribution in [2.45, 2.75) is 38.8 Å². The van der Waals surface area contributed by atoms with Crippen LogP contribution in [0.4, 0.5) is 0 Å². The molecule has 0 aliphatic carbocycles. The number of benzene rings is 1. The second kappa shape index (κ2) is 9.65. The predicted molar refractivity (Wildman–Crippen MR) is 104 cm³/mol. The van der Waals surface area contributed by atoms with Crippen molar-refractivity contribution in [2.75, 3.05) is 32.7 Å². The molecule has 1 aromatic carbocycles. The molecule has 1 unspecified atom stereocenters. The number of hydrogen-bond donors (Lipinski definition) is 0. The molecule has 2 aliphatic rings. The van der Waals surface area contributed by atoms with Gasteiger partial charge in [0.05, 0.1) is 6.42 Å². The van der Waals surface area contributed by atoms with Gasteiger partial charge in [-0.15, -0.1) is 0 Å². The summed E-state index contributed by atoms with van der Waals surface area (Å²) in [6, 6.07) is 10.2. The molecule has 0 radical (unpaired) electrons. The van der Waals surface area contributed by atoms with Crippen molar-refractivity contribution < 1.29 is 23.9 Å². The van der Waals surface area contributed by atoms with Crippen LogP contribution in [0.25, 0.3) is 0 Å². The van der Waals surface area contributed by atoms with Crippen molar-refractivity contribution in [3.8, 4) is 0 Å². The molecule has 2 heterocycles. The van der Waals surface area contributed by atoms with Gasteiger partial charge in [-0.1, -0.05) is 30.3 Å². The molecule has 0 bridgehead atoms. The highest BCUT2D eigenvalue weighted by Gasteiger charge is 2.30. The highest BCUT2D eigenvalue weighted by atomic mass is 16.5. The summed E-state index contributed by atoms with van der Waals surface area (Å²) in [5, 5.41) is 0. The molecule has 3 rings (SSSR count). The zero-order valence-corrected chi connectivity index (χ0v) is 16.7. The maximum absolute atomic E-state index is 12.6. The minimum Gasteiger partial charge on any atom is -0.452 e. The number of esters is 1. The molecule has 2 fully saturated rings. The minimum absolute atomic E-state index is 0.00949. The second-order valence-electron chi connectivity index (χ2n) is 7.41. The number of piperazine rings is 1. The van der Waals surface area contributed by atoms with E-state index in [0.29, 0.717) is 13.1 Å². The fourth-order valence-electron chi connectivity index (χ4n) is 3.61. The number of carbonyl (C=O) groups is 4. The van der Waals surface area contributed by atoms with Crippen molar-refractivity contribution in [3.05, 3.63) is 35.9 Å². The van der Waals surface area contributed by atoms with Gasteiger partial charge in [-0.05, 0) is 12.5 Å². The van der Waals surface area contributed by atoms with E-state index in [-0.39, 0.29) is 43.5 Å². The average molecular weight is 401 g/mol. The van der Waals surface area contributed by atoms with Crippen LogP contribution in [0.15, 0.2) is 30.3 Å². The first-order chi connectivity index (χ1) is 13.9. The third kappa shape index (κ3) is 5.63. The summed E-state index contributed by atoms with van der Waals surface area (Å²) in [5.41, 5.74) is 1.24. The lowest BCUT2D eigenvalue weighted by atomic mass is 10.2. The van der Waals surface area contributed by atoms with Crippen molar-refractivity contribution in [1.82, 2.24) is 14.7 Å². The Morgan fingerprint density at radius 1 is 1.00 bits per heavy atom. The summed E-state index contributed by atoms with van der Waals surface area (Å²) in [7, 11) is 0. The van der Waals surface area contributed by atoms with E-state index in [1.165, 1.54) is 5.56 Å². The van der Waals surface area contributed by atoms with Crippen molar-refractivity contribution >= 4 is 23.7 Å². The number of amides is 3. The first-order valence-electron chi connectivity index (χ1n) is 10.0. The second-order valence-corrected chi connectivity index (χ2v) is 7.41. The number of ether oxygens (including phenoxy) is 1. The van der Waals surface area contributed by atoms with E-state index in [2.05, 4.69) is 17.0 Å². The smallest absolute Gasteiger partial charge is 0.308 e. The van der Waals surface area contributed by atoms with Gasteiger partial charge in [0, 0.05) is 52.1 Å². The van der Waals surface area contributed by atoms with Crippen LogP contribution < -0.4 is 0 Å². The van der Waals surface area contributed by atoms with Gasteiger partial charge in [-0.25, -0.2) is 0 Å². The predicted octanol–water partition coefficient (Wildman–Crippen LogP) is 0.802. The van der Waals surface area contributed by atoms with Gasteiger partial charge in [-0.2, -0.15) is 0 Å². The Morgan fingerprint density at radius 2 is 1.62 bits per heavy atom. The van der Waals surface area contributed by atoms with E-state index in [4.69, 9.17) is 4.74 Å². The number of imide groups is 1. The van der Waals surface area contributed by atoms with Crippen LogP contribution in [0.1, 0.15) is 31.7 Å². The minimum atomic E-state index is -0.881. The molecule has 2 aliphatic heterocycles. The maximum atomic E-state index is 12.6. The number of likely N-dealkylation sites (tertiary alicyclic amines) is 1. The van der Waals surface area contributed by atoms with Crippen molar-refractivity contribution in [1.29, 1.82) is 0 Å². The Morgan fingerprint density at radius 3 is 2.24 bits per heavy atom. The number of nitrogens with zero attached hydrogens (tertiary/aromatic N) is 3. The number of rotatable bonds is 7. The van der Waals surface area contributed by atoms with Gasteiger partial charge in [0.15, 0.2) is 6.10 Å². The van der Waals surface area contributed by atoms with Crippen molar-refractivity contribution in [3.63, 3.8) is 0 Å². The Hall–Kier alpha value is -2.74. The van der Waals surface area contributed by atoms with Crippen LogP contribution >= 0.6 is 0 Å². The zero-order valence-electron chi connectivity index (χ0n) is 16.7. The van der Waals surface area contributed by atoms with Gasteiger partial charge in [-0.3, -0.25) is 29.0 Å². The molecule has 8 nitrogen and oxygen atoms in total. The van der Waals surface area contributed by atoms with E-state index in [1.54, 1.807) is 11.8 Å². The standard InChI is InChI=1S/C21H27N3O5/c1-16(29-20(27)9-10-24-18(25)7-8-19(24)26)21(28)23-13-11-22(12-14-23)15-17-5-3-2-4-6-17/h2-6,16H,7-15H2,1H3. The van der Waals surface area contributed by atoms with Crippen LogP contribution in [-0.2, 0) is 30.5 Å². The molecule has 156 valence electrons. The molecular formula is C21H27N3O5. The van der Waals surface area contributed by atoms with Crippen LogP contribution in [-0.4, -0.2) is 77.2 Å². The summed E-state index contributed by atoms with van der Waals surface area (Å²) in [6.45, 7) is 5.12. The number of carbonyl (C=O) groups excluding carboxylic acids is 4.